The summed E-state index contributed by atoms with van der Waals surface area (Å²) in [5.74, 6) is -0.0102. The summed E-state index contributed by atoms with van der Waals surface area (Å²) in [4.78, 5) is 26.1. The van der Waals surface area contributed by atoms with Gasteiger partial charge in [-0.3, -0.25) is 9.59 Å². The van der Waals surface area contributed by atoms with Crippen LogP contribution in [-0.2, 0) is 22.6 Å². The molecule has 2 atom stereocenters. The number of amides is 2. The number of ether oxygens (including phenoxy) is 2. The van der Waals surface area contributed by atoms with E-state index in [1.54, 1.807) is 31.2 Å². The normalized spacial score (nSPS) is 12.4. The van der Waals surface area contributed by atoms with E-state index in [1.807, 2.05) is 66.7 Å². The van der Waals surface area contributed by atoms with Crippen molar-refractivity contribution in [3.63, 3.8) is 0 Å². The molecule has 4 rings (SSSR count). The summed E-state index contributed by atoms with van der Waals surface area (Å²) in [5, 5.41) is 8.21. The second-order valence-electron chi connectivity index (χ2n) is 9.27. The predicted molar refractivity (Wildman–Crippen MR) is 167 cm³/mol. The van der Waals surface area contributed by atoms with E-state index in [4.69, 9.17) is 44.3 Å². The van der Waals surface area contributed by atoms with Crippen LogP contribution in [0.5, 0.6) is 11.5 Å². The molecule has 0 aliphatic carbocycles. The van der Waals surface area contributed by atoms with E-state index < -0.39 is 24.0 Å². The van der Waals surface area contributed by atoms with Crippen LogP contribution in [0.25, 0.3) is 0 Å². The number of benzene rings is 4. The summed E-state index contributed by atoms with van der Waals surface area (Å²) in [6.45, 7) is 1.91. The number of carbonyl (C=O) groups is 2. The van der Waals surface area contributed by atoms with Crippen LogP contribution in [0.4, 0.5) is 0 Å². The quantitative estimate of drug-likeness (QED) is 0.133. The minimum atomic E-state index is -0.933. The number of hydrazone groups is 1. The van der Waals surface area contributed by atoms with E-state index >= 15 is 0 Å². The number of rotatable bonds is 12. The summed E-state index contributed by atoms with van der Waals surface area (Å²) < 4.78 is 11.5. The summed E-state index contributed by atoms with van der Waals surface area (Å²) in [5.41, 5.74) is 5.02. The summed E-state index contributed by atoms with van der Waals surface area (Å²) in [6, 6.07) is 27.8. The monoisotopic (exact) mass is 623 g/mol. The average Bonchev–Trinajstić information content (AvgIpc) is 2.99. The molecule has 0 spiro atoms. The molecule has 42 heavy (non-hydrogen) atoms. The SMILES string of the molecule is C[C@H](Oc1ccc(Cl)cc1Cl)C(=O)N[C@@H](Cc1ccccc1)C(=O)N/N=C\c1ccc(OCc2ccccc2Cl)cc1. The Morgan fingerprint density at radius 1 is 0.857 bits per heavy atom. The molecule has 7 nitrogen and oxygen atoms in total. The molecular formula is C32H28Cl3N3O4. The van der Waals surface area contributed by atoms with E-state index in [0.717, 1.165) is 16.7 Å². The molecule has 10 heteroatoms. The highest BCUT2D eigenvalue weighted by Gasteiger charge is 2.25. The lowest BCUT2D eigenvalue weighted by molar-refractivity contribution is -0.132. The minimum absolute atomic E-state index is 0.250. The fourth-order valence-electron chi connectivity index (χ4n) is 3.84. The maximum Gasteiger partial charge on any atom is 0.262 e. The lowest BCUT2D eigenvalue weighted by atomic mass is 10.1. The Labute approximate surface area is 259 Å². The predicted octanol–water partition coefficient (Wildman–Crippen LogP) is 6.87. The standard InChI is InChI=1S/C32H28Cl3N3O4/c1-21(42-30-16-13-25(33)18-28(30)35)31(39)37-29(17-22-7-3-2-4-8-22)32(40)38-36-19-23-11-14-26(15-12-23)41-20-24-9-5-6-10-27(24)34/h2-16,18-19,21,29H,17,20H2,1H3,(H,37,39)(H,38,40)/b36-19-/t21-,29-/m0/s1. The molecule has 2 amide bonds. The Balaban J connectivity index is 1.35. The maximum absolute atomic E-state index is 13.1. The van der Waals surface area contributed by atoms with Gasteiger partial charge in [0.2, 0.25) is 0 Å². The number of nitrogens with zero attached hydrogens (tertiary/aromatic N) is 1. The van der Waals surface area contributed by atoms with Gasteiger partial charge in [-0.05, 0) is 66.6 Å². The first-order valence-corrected chi connectivity index (χ1v) is 14.2. The van der Waals surface area contributed by atoms with Crippen LogP contribution in [0, 0.1) is 0 Å². The molecule has 216 valence electrons. The highest BCUT2D eigenvalue weighted by Crippen LogP contribution is 2.28. The summed E-state index contributed by atoms with van der Waals surface area (Å²) >= 11 is 18.3. The molecule has 4 aromatic rings. The summed E-state index contributed by atoms with van der Waals surface area (Å²) in [6.07, 6.45) is 0.822. The number of hydrogen-bond donors (Lipinski definition) is 2. The molecule has 0 radical (unpaired) electrons. The van der Waals surface area contributed by atoms with E-state index in [1.165, 1.54) is 12.3 Å². The molecule has 0 heterocycles. The third kappa shape index (κ3) is 9.24. The first-order valence-electron chi connectivity index (χ1n) is 13.0. The molecule has 0 aliphatic heterocycles. The van der Waals surface area contributed by atoms with Gasteiger partial charge < -0.3 is 14.8 Å². The van der Waals surface area contributed by atoms with E-state index in [2.05, 4.69) is 15.8 Å². The third-order valence-corrected chi connectivity index (χ3v) is 7.00. The fraction of sp³-hybridized carbons (Fsp3) is 0.156. The molecule has 0 unspecified atom stereocenters. The molecule has 2 N–H and O–H groups in total. The fourth-order valence-corrected chi connectivity index (χ4v) is 4.48. The second kappa shape index (κ2) is 15.3. The smallest absolute Gasteiger partial charge is 0.262 e. The van der Waals surface area contributed by atoms with E-state index in [0.29, 0.717) is 28.2 Å². The largest absolute Gasteiger partial charge is 0.489 e. The van der Waals surface area contributed by atoms with Crippen molar-refractivity contribution in [3.8, 4) is 11.5 Å². The number of carbonyl (C=O) groups excluding carboxylic acids is 2. The van der Waals surface area contributed by atoms with E-state index in [-0.39, 0.29) is 11.4 Å². The topological polar surface area (TPSA) is 89.0 Å². The zero-order valence-electron chi connectivity index (χ0n) is 22.6. The van der Waals surface area contributed by atoms with Crippen LogP contribution in [-0.4, -0.2) is 30.2 Å². The zero-order chi connectivity index (χ0) is 29.9. The first kappa shape index (κ1) is 30.9. The van der Waals surface area contributed by atoms with E-state index in [9.17, 15) is 9.59 Å². The van der Waals surface area contributed by atoms with Crippen molar-refractivity contribution in [2.45, 2.75) is 32.1 Å². The van der Waals surface area contributed by atoms with Gasteiger partial charge in [0.05, 0.1) is 11.2 Å². The Kier molecular flexibility index (Phi) is 11.2. The van der Waals surface area contributed by atoms with Crippen LogP contribution in [0.2, 0.25) is 15.1 Å². The van der Waals surface area contributed by atoms with Crippen molar-refractivity contribution in [2.24, 2.45) is 5.10 Å². The molecule has 0 bridgehead atoms. The minimum Gasteiger partial charge on any atom is -0.489 e. The van der Waals surface area contributed by atoms with Gasteiger partial charge in [-0.2, -0.15) is 5.10 Å². The molecule has 4 aromatic carbocycles. The first-order chi connectivity index (χ1) is 20.3. The van der Waals surface area contributed by atoms with Crippen molar-refractivity contribution in [1.29, 1.82) is 0 Å². The number of halogens is 3. The van der Waals surface area contributed by atoms with Crippen LogP contribution in [0.15, 0.2) is 102 Å². The van der Waals surface area contributed by atoms with Gasteiger partial charge in [-0.25, -0.2) is 5.43 Å². The molecule has 0 saturated heterocycles. The maximum atomic E-state index is 13.1. The van der Waals surface area contributed by atoms with Gasteiger partial charge in [-0.15, -0.1) is 0 Å². The Morgan fingerprint density at radius 2 is 1.57 bits per heavy atom. The average molecular weight is 625 g/mol. The van der Waals surface area contributed by atoms with Gasteiger partial charge in [0, 0.05) is 22.0 Å². The van der Waals surface area contributed by atoms with Gasteiger partial charge in [0.25, 0.3) is 11.8 Å². The molecular weight excluding hydrogens is 597 g/mol. The van der Waals surface area contributed by atoms with Crippen LogP contribution in [0.3, 0.4) is 0 Å². The van der Waals surface area contributed by atoms with Gasteiger partial charge >= 0.3 is 0 Å². The highest BCUT2D eigenvalue weighted by molar-refractivity contribution is 6.35. The lowest BCUT2D eigenvalue weighted by Crippen LogP contribution is -2.50. The van der Waals surface area contributed by atoms with Crippen molar-refractivity contribution < 1.29 is 19.1 Å². The molecule has 0 saturated carbocycles. The molecule has 0 aromatic heterocycles. The van der Waals surface area contributed by atoms with Crippen LogP contribution < -0.4 is 20.2 Å². The number of hydrogen-bond acceptors (Lipinski definition) is 5. The lowest BCUT2D eigenvalue weighted by Gasteiger charge is -2.21. The van der Waals surface area contributed by atoms with Gasteiger partial charge in [-0.1, -0.05) is 83.3 Å². The Morgan fingerprint density at radius 3 is 2.29 bits per heavy atom. The van der Waals surface area contributed by atoms with Gasteiger partial charge in [0.15, 0.2) is 6.10 Å². The summed E-state index contributed by atoms with van der Waals surface area (Å²) in [7, 11) is 0. The molecule has 0 aliphatic rings. The van der Waals surface area contributed by atoms with Gasteiger partial charge in [0.1, 0.15) is 24.1 Å². The third-order valence-electron chi connectivity index (χ3n) is 6.10. The highest BCUT2D eigenvalue weighted by atomic mass is 35.5. The number of nitrogens with one attached hydrogen (secondary N) is 2. The van der Waals surface area contributed by atoms with Crippen molar-refractivity contribution in [1.82, 2.24) is 10.7 Å². The van der Waals surface area contributed by atoms with Crippen LogP contribution in [0.1, 0.15) is 23.6 Å². The van der Waals surface area contributed by atoms with Crippen molar-refractivity contribution in [2.75, 3.05) is 0 Å². The Bertz CT molecular complexity index is 1530. The van der Waals surface area contributed by atoms with Crippen molar-refractivity contribution in [3.05, 3.63) is 129 Å². The zero-order valence-corrected chi connectivity index (χ0v) is 24.9. The van der Waals surface area contributed by atoms with Crippen LogP contribution >= 0.6 is 34.8 Å². The second-order valence-corrected chi connectivity index (χ2v) is 10.5. The Hall–Kier alpha value is -4.04. The molecule has 0 fully saturated rings. The van der Waals surface area contributed by atoms with Crippen molar-refractivity contribution >= 4 is 52.8 Å².